The van der Waals surface area contributed by atoms with Gasteiger partial charge in [-0.1, -0.05) is 32.0 Å². The molecular formula is C14H20N2. The number of hydrogen-bond donors (Lipinski definition) is 0. The van der Waals surface area contributed by atoms with Crippen LogP contribution in [0.25, 0.3) is 0 Å². The van der Waals surface area contributed by atoms with Crippen molar-refractivity contribution in [1.29, 1.82) is 5.26 Å². The molecule has 0 heterocycles. The highest BCUT2D eigenvalue weighted by Gasteiger charge is 2.19. The summed E-state index contributed by atoms with van der Waals surface area (Å²) in [6.45, 7) is 10.2. The summed E-state index contributed by atoms with van der Waals surface area (Å²) < 4.78 is 0. The first-order valence-electron chi connectivity index (χ1n) is 5.85. The third-order valence-corrected chi connectivity index (χ3v) is 3.24. The SMILES string of the molecule is CCN(CC)C(C#N)c1cccc(C)c1C. The molecule has 1 atom stereocenters. The van der Waals surface area contributed by atoms with Crippen molar-refractivity contribution in [2.75, 3.05) is 13.1 Å². The molecule has 0 saturated carbocycles. The van der Waals surface area contributed by atoms with E-state index in [1.807, 2.05) is 6.07 Å². The van der Waals surface area contributed by atoms with Gasteiger partial charge in [-0.25, -0.2) is 0 Å². The van der Waals surface area contributed by atoms with Gasteiger partial charge in [0.1, 0.15) is 6.04 Å². The van der Waals surface area contributed by atoms with Crippen molar-refractivity contribution in [2.45, 2.75) is 33.7 Å². The minimum absolute atomic E-state index is 0.116. The summed E-state index contributed by atoms with van der Waals surface area (Å²) in [7, 11) is 0. The summed E-state index contributed by atoms with van der Waals surface area (Å²) in [6, 6.07) is 8.49. The summed E-state index contributed by atoms with van der Waals surface area (Å²) in [5, 5.41) is 9.34. The van der Waals surface area contributed by atoms with Crippen molar-refractivity contribution in [3.63, 3.8) is 0 Å². The second-order valence-electron chi connectivity index (χ2n) is 4.04. The fourth-order valence-corrected chi connectivity index (χ4v) is 2.01. The van der Waals surface area contributed by atoms with Crippen LogP contribution >= 0.6 is 0 Å². The monoisotopic (exact) mass is 216 g/mol. The van der Waals surface area contributed by atoms with Gasteiger partial charge in [0.05, 0.1) is 6.07 Å². The van der Waals surface area contributed by atoms with Gasteiger partial charge in [-0.15, -0.1) is 0 Å². The van der Waals surface area contributed by atoms with Gasteiger partial charge in [0.25, 0.3) is 0 Å². The van der Waals surface area contributed by atoms with Crippen LogP contribution in [0.15, 0.2) is 18.2 Å². The first-order valence-corrected chi connectivity index (χ1v) is 5.85. The fourth-order valence-electron chi connectivity index (χ4n) is 2.01. The smallest absolute Gasteiger partial charge is 0.124 e. The van der Waals surface area contributed by atoms with Gasteiger partial charge in [-0.2, -0.15) is 5.26 Å². The third-order valence-electron chi connectivity index (χ3n) is 3.24. The minimum atomic E-state index is -0.116. The van der Waals surface area contributed by atoms with Crippen molar-refractivity contribution < 1.29 is 0 Å². The lowest BCUT2D eigenvalue weighted by molar-refractivity contribution is 0.262. The average Bonchev–Trinajstić information content (AvgIpc) is 2.30. The maximum atomic E-state index is 9.34. The Kier molecular flexibility index (Phi) is 4.52. The van der Waals surface area contributed by atoms with E-state index in [0.29, 0.717) is 0 Å². The van der Waals surface area contributed by atoms with Crippen LogP contribution in [0.4, 0.5) is 0 Å². The van der Waals surface area contributed by atoms with E-state index in [1.54, 1.807) is 0 Å². The number of nitriles is 1. The molecule has 16 heavy (non-hydrogen) atoms. The van der Waals surface area contributed by atoms with Crippen LogP contribution in [-0.4, -0.2) is 18.0 Å². The number of nitrogens with zero attached hydrogens (tertiary/aromatic N) is 2. The highest BCUT2D eigenvalue weighted by atomic mass is 15.1. The van der Waals surface area contributed by atoms with E-state index in [4.69, 9.17) is 0 Å². The Hall–Kier alpha value is -1.33. The van der Waals surface area contributed by atoms with E-state index in [9.17, 15) is 5.26 Å². The van der Waals surface area contributed by atoms with E-state index in [0.717, 1.165) is 18.7 Å². The normalized spacial score (nSPS) is 12.5. The summed E-state index contributed by atoms with van der Waals surface area (Å²) in [6.07, 6.45) is 0. The molecule has 0 spiro atoms. The van der Waals surface area contributed by atoms with Gasteiger partial charge in [-0.05, 0) is 43.6 Å². The molecule has 1 aromatic rings. The van der Waals surface area contributed by atoms with Crippen LogP contribution < -0.4 is 0 Å². The van der Waals surface area contributed by atoms with Crippen LogP contribution in [0, 0.1) is 25.2 Å². The number of aryl methyl sites for hydroxylation is 1. The molecule has 86 valence electrons. The molecule has 0 fully saturated rings. The van der Waals surface area contributed by atoms with E-state index >= 15 is 0 Å². The lowest BCUT2D eigenvalue weighted by Crippen LogP contribution is -2.28. The lowest BCUT2D eigenvalue weighted by atomic mass is 9.97. The van der Waals surface area contributed by atoms with Crippen molar-refractivity contribution in [3.8, 4) is 6.07 Å². The quantitative estimate of drug-likeness (QED) is 0.772. The van der Waals surface area contributed by atoms with E-state index in [-0.39, 0.29) is 6.04 Å². The van der Waals surface area contributed by atoms with Crippen LogP contribution in [-0.2, 0) is 0 Å². The number of hydrogen-bond acceptors (Lipinski definition) is 2. The second-order valence-corrected chi connectivity index (χ2v) is 4.04. The van der Waals surface area contributed by atoms with E-state index in [1.165, 1.54) is 11.1 Å². The summed E-state index contributed by atoms with van der Waals surface area (Å²) in [5.41, 5.74) is 3.64. The molecule has 1 rings (SSSR count). The molecule has 1 unspecified atom stereocenters. The standard InChI is InChI=1S/C14H20N2/c1-5-16(6-2)14(10-15)13-9-7-8-11(3)12(13)4/h7-9,14H,5-6H2,1-4H3. The molecule has 0 N–H and O–H groups in total. The van der Waals surface area contributed by atoms with Crippen LogP contribution in [0.2, 0.25) is 0 Å². The maximum absolute atomic E-state index is 9.34. The zero-order valence-electron chi connectivity index (χ0n) is 10.6. The Balaban J connectivity index is 3.14. The van der Waals surface area contributed by atoms with Gasteiger partial charge in [0, 0.05) is 0 Å². The summed E-state index contributed by atoms with van der Waals surface area (Å²) in [4.78, 5) is 2.18. The second kappa shape index (κ2) is 5.67. The largest absolute Gasteiger partial charge is 0.285 e. The Morgan fingerprint density at radius 3 is 2.38 bits per heavy atom. The topological polar surface area (TPSA) is 27.0 Å². The molecule has 0 saturated heterocycles. The van der Waals surface area contributed by atoms with Crippen LogP contribution in [0.5, 0.6) is 0 Å². The van der Waals surface area contributed by atoms with Crippen molar-refractivity contribution >= 4 is 0 Å². The van der Waals surface area contributed by atoms with E-state index < -0.39 is 0 Å². The number of rotatable bonds is 4. The predicted molar refractivity (Wildman–Crippen MR) is 67.2 cm³/mol. The first kappa shape index (κ1) is 12.7. The maximum Gasteiger partial charge on any atom is 0.124 e. The molecule has 0 aliphatic rings. The molecule has 0 aromatic heterocycles. The average molecular weight is 216 g/mol. The molecule has 1 aromatic carbocycles. The first-order chi connectivity index (χ1) is 7.65. The molecule has 0 aliphatic heterocycles. The lowest BCUT2D eigenvalue weighted by Gasteiger charge is -2.26. The van der Waals surface area contributed by atoms with Crippen molar-refractivity contribution in [1.82, 2.24) is 4.90 Å². The van der Waals surface area contributed by atoms with Gasteiger partial charge < -0.3 is 0 Å². The summed E-state index contributed by atoms with van der Waals surface area (Å²) in [5.74, 6) is 0. The highest BCUT2D eigenvalue weighted by molar-refractivity contribution is 5.37. The Morgan fingerprint density at radius 2 is 1.88 bits per heavy atom. The van der Waals surface area contributed by atoms with Crippen LogP contribution in [0.3, 0.4) is 0 Å². The number of benzene rings is 1. The zero-order valence-corrected chi connectivity index (χ0v) is 10.6. The molecule has 0 amide bonds. The van der Waals surface area contributed by atoms with E-state index in [2.05, 4.69) is 50.8 Å². The van der Waals surface area contributed by atoms with Gasteiger partial charge in [0.15, 0.2) is 0 Å². The van der Waals surface area contributed by atoms with Crippen LogP contribution in [0.1, 0.15) is 36.6 Å². The Labute approximate surface area is 98.5 Å². The Bertz CT molecular complexity index is 386. The Morgan fingerprint density at radius 1 is 1.25 bits per heavy atom. The zero-order chi connectivity index (χ0) is 12.1. The highest BCUT2D eigenvalue weighted by Crippen LogP contribution is 2.24. The fraction of sp³-hybridized carbons (Fsp3) is 0.500. The molecule has 2 heteroatoms. The molecular weight excluding hydrogens is 196 g/mol. The van der Waals surface area contributed by atoms with Gasteiger partial charge >= 0.3 is 0 Å². The van der Waals surface area contributed by atoms with Crippen molar-refractivity contribution in [2.24, 2.45) is 0 Å². The van der Waals surface area contributed by atoms with Gasteiger partial charge in [-0.3, -0.25) is 4.90 Å². The third kappa shape index (κ3) is 2.43. The minimum Gasteiger partial charge on any atom is -0.285 e. The molecule has 0 bridgehead atoms. The molecule has 0 radical (unpaired) electrons. The molecule has 2 nitrogen and oxygen atoms in total. The van der Waals surface area contributed by atoms with Crippen molar-refractivity contribution in [3.05, 3.63) is 34.9 Å². The molecule has 0 aliphatic carbocycles. The van der Waals surface area contributed by atoms with Gasteiger partial charge in [0.2, 0.25) is 0 Å². The predicted octanol–water partition coefficient (Wildman–Crippen LogP) is 3.21. The summed E-state index contributed by atoms with van der Waals surface area (Å²) >= 11 is 0.